The molecule has 2 aromatic rings. The van der Waals surface area contributed by atoms with Crippen LogP contribution in [-0.4, -0.2) is 41.2 Å². The summed E-state index contributed by atoms with van der Waals surface area (Å²) < 4.78 is 44.0. The zero-order valence-corrected chi connectivity index (χ0v) is 12.1. The average Bonchev–Trinajstić information content (AvgIpc) is 2.96. The summed E-state index contributed by atoms with van der Waals surface area (Å²) in [7, 11) is 0. The number of halogens is 3. The second-order valence-electron chi connectivity index (χ2n) is 4.21. The first-order valence-corrected chi connectivity index (χ1v) is 7.05. The zero-order valence-electron chi connectivity index (χ0n) is 11.3. The van der Waals surface area contributed by atoms with Crippen LogP contribution in [0.3, 0.4) is 0 Å². The van der Waals surface area contributed by atoms with Crippen LogP contribution in [0.25, 0.3) is 11.4 Å². The van der Waals surface area contributed by atoms with Crippen molar-refractivity contribution in [3.05, 3.63) is 35.3 Å². The maximum Gasteiger partial charge on any atom is 0.411 e. The van der Waals surface area contributed by atoms with E-state index in [4.69, 9.17) is 0 Å². The quantitative estimate of drug-likeness (QED) is 0.826. The minimum Gasteiger partial charge on any atom is -0.370 e. The van der Waals surface area contributed by atoms with E-state index in [0.717, 1.165) is 17.1 Å². The number of amides is 1. The molecule has 1 aromatic carbocycles. The van der Waals surface area contributed by atoms with Gasteiger partial charge in [-0.3, -0.25) is 4.79 Å². The molecule has 1 amide bonds. The fourth-order valence-electron chi connectivity index (χ4n) is 1.52. The van der Waals surface area contributed by atoms with Crippen molar-refractivity contribution in [2.24, 2.45) is 0 Å². The predicted octanol–water partition coefficient (Wildman–Crippen LogP) is 2.51. The molecule has 9 heteroatoms. The van der Waals surface area contributed by atoms with Crippen molar-refractivity contribution in [1.82, 2.24) is 14.7 Å². The molecule has 1 aromatic heterocycles. The third kappa shape index (κ3) is 5.08. The van der Waals surface area contributed by atoms with Crippen LogP contribution in [0.4, 0.5) is 13.2 Å². The number of nitrogens with one attached hydrogen (secondary N) is 1. The highest BCUT2D eigenvalue weighted by molar-refractivity contribution is 7.07. The molecule has 118 valence electrons. The molecule has 0 aliphatic heterocycles. The summed E-state index contributed by atoms with van der Waals surface area (Å²) in [4.78, 5) is 15.9. The molecule has 0 aliphatic rings. The standard InChI is InChI=1S/C13H12F3N3O2S/c14-13(15,16)8-21-7-6-17-11(20)12-18-10(19-22-12)9-4-2-1-3-5-9/h1-5H,6-8H2,(H,17,20). The fraction of sp³-hybridized carbons (Fsp3) is 0.308. The summed E-state index contributed by atoms with van der Waals surface area (Å²) >= 11 is 0.927. The minimum absolute atomic E-state index is 0.0326. The fourth-order valence-corrected chi connectivity index (χ4v) is 2.12. The molecule has 0 unspecified atom stereocenters. The third-order valence-corrected chi connectivity index (χ3v) is 3.16. The summed E-state index contributed by atoms with van der Waals surface area (Å²) in [5.74, 6) is -0.0561. The van der Waals surface area contributed by atoms with Gasteiger partial charge in [0.2, 0.25) is 5.01 Å². The molecule has 0 spiro atoms. The van der Waals surface area contributed by atoms with Crippen molar-refractivity contribution in [3.63, 3.8) is 0 Å². The molecule has 0 fully saturated rings. The van der Waals surface area contributed by atoms with Crippen LogP contribution in [0.15, 0.2) is 30.3 Å². The van der Waals surface area contributed by atoms with E-state index < -0.39 is 18.7 Å². The maximum atomic E-state index is 11.8. The van der Waals surface area contributed by atoms with E-state index in [1.165, 1.54) is 0 Å². The number of ether oxygens (including phenoxy) is 1. The largest absolute Gasteiger partial charge is 0.411 e. The Balaban J connectivity index is 1.80. The van der Waals surface area contributed by atoms with Gasteiger partial charge >= 0.3 is 6.18 Å². The Kier molecular flexibility index (Phi) is 5.45. The van der Waals surface area contributed by atoms with Gasteiger partial charge in [-0.1, -0.05) is 30.3 Å². The molecule has 0 bridgehead atoms. The number of alkyl halides is 3. The first-order chi connectivity index (χ1) is 10.5. The Morgan fingerprint density at radius 2 is 2.00 bits per heavy atom. The topological polar surface area (TPSA) is 64.1 Å². The van der Waals surface area contributed by atoms with E-state index in [9.17, 15) is 18.0 Å². The second kappa shape index (κ2) is 7.32. The zero-order chi connectivity index (χ0) is 16.0. The Morgan fingerprint density at radius 3 is 2.68 bits per heavy atom. The summed E-state index contributed by atoms with van der Waals surface area (Å²) in [5.41, 5.74) is 0.784. The third-order valence-electron chi connectivity index (χ3n) is 2.45. The second-order valence-corrected chi connectivity index (χ2v) is 4.96. The highest BCUT2D eigenvalue weighted by Gasteiger charge is 2.27. The van der Waals surface area contributed by atoms with Crippen molar-refractivity contribution in [3.8, 4) is 11.4 Å². The highest BCUT2D eigenvalue weighted by Crippen LogP contribution is 2.17. The Hall–Kier alpha value is -2.00. The minimum atomic E-state index is -4.37. The predicted molar refractivity (Wildman–Crippen MR) is 74.6 cm³/mol. The van der Waals surface area contributed by atoms with Crippen LogP contribution in [0, 0.1) is 0 Å². The summed E-state index contributed by atoms with van der Waals surface area (Å²) in [6.07, 6.45) is -4.37. The van der Waals surface area contributed by atoms with Crippen molar-refractivity contribution >= 4 is 17.4 Å². The summed E-state index contributed by atoms with van der Waals surface area (Å²) in [5, 5.41) is 2.57. The number of hydrogen-bond acceptors (Lipinski definition) is 5. The van der Waals surface area contributed by atoms with Crippen LogP contribution < -0.4 is 5.32 Å². The normalized spacial score (nSPS) is 11.4. The van der Waals surface area contributed by atoms with E-state index in [1.54, 1.807) is 0 Å². The average molecular weight is 331 g/mol. The van der Waals surface area contributed by atoms with Crippen LogP contribution in [0.5, 0.6) is 0 Å². The van der Waals surface area contributed by atoms with Gasteiger partial charge in [-0.05, 0) is 11.5 Å². The van der Waals surface area contributed by atoms with Gasteiger partial charge < -0.3 is 10.1 Å². The molecule has 2 rings (SSSR count). The molecule has 0 saturated carbocycles. The molecule has 1 N–H and O–H groups in total. The Labute approximate surface area is 128 Å². The molecule has 22 heavy (non-hydrogen) atoms. The van der Waals surface area contributed by atoms with Crippen molar-refractivity contribution < 1.29 is 22.7 Å². The lowest BCUT2D eigenvalue weighted by molar-refractivity contribution is -0.173. The van der Waals surface area contributed by atoms with Crippen LogP contribution in [0.2, 0.25) is 0 Å². The lowest BCUT2D eigenvalue weighted by atomic mass is 10.2. The Bertz CT molecular complexity index is 616. The van der Waals surface area contributed by atoms with Gasteiger partial charge in [0.1, 0.15) is 6.61 Å². The number of benzene rings is 1. The first kappa shape index (κ1) is 16.4. The molecular weight excluding hydrogens is 319 g/mol. The molecule has 1 heterocycles. The number of rotatable bonds is 6. The molecule has 0 atom stereocenters. The summed E-state index contributed by atoms with van der Waals surface area (Å²) in [6.45, 7) is -1.59. The van der Waals surface area contributed by atoms with E-state index in [0.29, 0.717) is 5.82 Å². The smallest absolute Gasteiger partial charge is 0.370 e. The number of nitrogens with zero attached hydrogens (tertiary/aromatic N) is 2. The van der Waals surface area contributed by atoms with Gasteiger partial charge in [-0.15, -0.1) is 0 Å². The van der Waals surface area contributed by atoms with E-state index >= 15 is 0 Å². The van der Waals surface area contributed by atoms with Gasteiger partial charge in [-0.25, -0.2) is 4.98 Å². The van der Waals surface area contributed by atoms with E-state index in [1.807, 2.05) is 30.3 Å². The highest BCUT2D eigenvalue weighted by atomic mass is 32.1. The monoisotopic (exact) mass is 331 g/mol. The maximum absolute atomic E-state index is 11.8. The molecule has 0 aliphatic carbocycles. The lowest BCUT2D eigenvalue weighted by Crippen LogP contribution is -2.28. The van der Waals surface area contributed by atoms with Crippen LogP contribution in [-0.2, 0) is 4.74 Å². The molecular formula is C13H12F3N3O2S. The number of carbonyl (C=O) groups is 1. The molecule has 0 radical (unpaired) electrons. The molecule has 0 saturated heterocycles. The van der Waals surface area contributed by atoms with Gasteiger partial charge in [-0.2, -0.15) is 17.5 Å². The van der Waals surface area contributed by atoms with Gasteiger partial charge in [0, 0.05) is 12.1 Å². The number of aromatic nitrogens is 2. The SMILES string of the molecule is O=C(NCCOCC(F)(F)F)c1nc(-c2ccccc2)ns1. The van der Waals surface area contributed by atoms with Gasteiger partial charge in [0.05, 0.1) is 6.61 Å². The van der Waals surface area contributed by atoms with Crippen molar-refractivity contribution in [2.75, 3.05) is 19.8 Å². The van der Waals surface area contributed by atoms with Crippen molar-refractivity contribution in [2.45, 2.75) is 6.18 Å². The molecule has 5 nitrogen and oxygen atoms in total. The lowest BCUT2D eigenvalue weighted by Gasteiger charge is -2.07. The van der Waals surface area contributed by atoms with Crippen molar-refractivity contribution in [1.29, 1.82) is 0 Å². The van der Waals surface area contributed by atoms with Crippen LogP contribution >= 0.6 is 11.5 Å². The Morgan fingerprint density at radius 1 is 1.27 bits per heavy atom. The van der Waals surface area contributed by atoms with E-state index in [-0.39, 0.29) is 18.2 Å². The van der Waals surface area contributed by atoms with Crippen LogP contribution in [0.1, 0.15) is 9.80 Å². The number of carbonyl (C=O) groups excluding carboxylic acids is 1. The number of hydrogen-bond donors (Lipinski definition) is 1. The summed E-state index contributed by atoms with van der Waals surface area (Å²) in [6, 6.07) is 9.13. The van der Waals surface area contributed by atoms with E-state index in [2.05, 4.69) is 19.4 Å². The first-order valence-electron chi connectivity index (χ1n) is 6.27. The van der Waals surface area contributed by atoms with Gasteiger partial charge in [0.15, 0.2) is 5.82 Å². The van der Waals surface area contributed by atoms with Gasteiger partial charge in [0.25, 0.3) is 5.91 Å².